The van der Waals surface area contributed by atoms with Crippen LogP contribution in [0.1, 0.15) is 31.2 Å². The Kier molecular flexibility index (Phi) is 6.33. The summed E-state index contributed by atoms with van der Waals surface area (Å²) < 4.78 is 5.25. The van der Waals surface area contributed by atoms with Gasteiger partial charge in [-0.1, -0.05) is 12.1 Å². The Morgan fingerprint density at radius 1 is 1.33 bits per heavy atom. The van der Waals surface area contributed by atoms with Gasteiger partial charge in [0.15, 0.2) is 5.76 Å². The lowest BCUT2D eigenvalue weighted by Gasteiger charge is -2.43. The van der Waals surface area contributed by atoms with Crippen LogP contribution in [0.15, 0.2) is 10.6 Å². The third-order valence-corrected chi connectivity index (χ3v) is 5.42. The monoisotopic (exact) mass is 379 g/mol. The predicted octanol–water partition coefficient (Wildman–Crippen LogP) is 0.748. The fraction of sp³-hybridized carbons (Fsp3) is 0.722. The van der Waals surface area contributed by atoms with Crippen LogP contribution in [0.4, 0.5) is 4.79 Å². The van der Waals surface area contributed by atoms with E-state index < -0.39 is 5.97 Å². The Hall–Kier alpha value is -2.13. The van der Waals surface area contributed by atoms with Gasteiger partial charge >= 0.3 is 12.0 Å². The number of carboxylic acids is 1. The Labute approximate surface area is 159 Å². The Morgan fingerprint density at radius 2 is 2.04 bits per heavy atom. The second-order valence-corrected chi connectivity index (χ2v) is 7.43. The van der Waals surface area contributed by atoms with Gasteiger partial charge in [-0.05, 0) is 26.3 Å². The number of carbonyl (C=O) groups is 2. The van der Waals surface area contributed by atoms with Gasteiger partial charge in [0.2, 0.25) is 0 Å². The van der Waals surface area contributed by atoms with E-state index in [2.05, 4.69) is 15.4 Å². The summed E-state index contributed by atoms with van der Waals surface area (Å²) in [4.78, 5) is 29.4. The van der Waals surface area contributed by atoms with Crippen molar-refractivity contribution < 1.29 is 19.2 Å². The minimum atomic E-state index is -0.803. The molecule has 9 nitrogen and oxygen atoms in total. The van der Waals surface area contributed by atoms with E-state index in [-0.39, 0.29) is 24.7 Å². The number of piperazine rings is 1. The fourth-order valence-electron chi connectivity index (χ4n) is 3.76. The number of amides is 2. The Morgan fingerprint density at radius 3 is 2.59 bits per heavy atom. The second-order valence-electron chi connectivity index (χ2n) is 7.43. The van der Waals surface area contributed by atoms with Crippen LogP contribution >= 0.6 is 0 Å². The molecule has 9 heteroatoms. The number of urea groups is 1. The van der Waals surface area contributed by atoms with Crippen molar-refractivity contribution in [1.29, 1.82) is 0 Å². The van der Waals surface area contributed by atoms with Crippen molar-refractivity contribution in [1.82, 2.24) is 25.2 Å². The highest BCUT2D eigenvalue weighted by Crippen LogP contribution is 2.25. The number of hydrogen-bond donors (Lipinski definition) is 2. The van der Waals surface area contributed by atoms with Crippen molar-refractivity contribution >= 4 is 12.0 Å². The topological polar surface area (TPSA) is 102 Å². The lowest BCUT2D eigenvalue weighted by Crippen LogP contribution is -2.58. The molecule has 2 aliphatic rings. The van der Waals surface area contributed by atoms with E-state index in [1.807, 2.05) is 29.7 Å². The van der Waals surface area contributed by atoms with Crippen molar-refractivity contribution in [2.45, 2.75) is 45.3 Å². The highest BCUT2D eigenvalue weighted by molar-refractivity contribution is 5.74. The van der Waals surface area contributed by atoms with E-state index in [0.717, 1.165) is 43.9 Å². The third kappa shape index (κ3) is 5.20. The number of aromatic nitrogens is 1. The van der Waals surface area contributed by atoms with Crippen molar-refractivity contribution in [3.63, 3.8) is 0 Å². The molecule has 1 aromatic heterocycles. The van der Waals surface area contributed by atoms with Gasteiger partial charge in [0.1, 0.15) is 0 Å². The fourth-order valence-corrected chi connectivity index (χ4v) is 3.76. The number of carboxylic acid groups (broad SMARTS) is 1. The van der Waals surface area contributed by atoms with Crippen LogP contribution in [0.2, 0.25) is 0 Å². The molecule has 1 saturated heterocycles. The van der Waals surface area contributed by atoms with E-state index in [0.29, 0.717) is 19.6 Å². The second kappa shape index (κ2) is 8.71. The van der Waals surface area contributed by atoms with Gasteiger partial charge in [-0.25, -0.2) is 4.79 Å². The minimum absolute atomic E-state index is 0.0186. The van der Waals surface area contributed by atoms with Crippen molar-refractivity contribution in [2.24, 2.45) is 0 Å². The van der Waals surface area contributed by atoms with Crippen LogP contribution in [0.5, 0.6) is 0 Å². The first-order valence-corrected chi connectivity index (χ1v) is 9.60. The maximum atomic E-state index is 12.5. The number of aliphatic carboxylic acids is 1. The van der Waals surface area contributed by atoms with Crippen LogP contribution in [-0.2, 0) is 11.3 Å². The van der Waals surface area contributed by atoms with E-state index in [1.54, 1.807) is 0 Å². The van der Waals surface area contributed by atoms with E-state index in [4.69, 9.17) is 9.63 Å². The molecule has 0 atom stereocenters. The van der Waals surface area contributed by atoms with E-state index >= 15 is 0 Å². The summed E-state index contributed by atoms with van der Waals surface area (Å²) in [6.45, 7) is 8.36. The highest BCUT2D eigenvalue weighted by atomic mass is 16.5. The zero-order valence-corrected chi connectivity index (χ0v) is 16.1. The molecule has 1 aliphatic carbocycles. The summed E-state index contributed by atoms with van der Waals surface area (Å²) >= 11 is 0. The Bertz CT molecular complexity index is 650. The van der Waals surface area contributed by atoms with Crippen LogP contribution in [0.25, 0.3) is 0 Å². The van der Waals surface area contributed by atoms with Crippen LogP contribution in [0.3, 0.4) is 0 Å². The van der Waals surface area contributed by atoms with Gasteiger partial charge in [0, 0.05) is 44.3 Å². The van der Waals surface area contributed by atoms with Crippen molar-refractivity contribution in [2.75, 3.05) is 39.3 Å². The molecule has 0 radical (unpaired) electrons. The molecule has 150 valence electrons. The lowest BCUT2D eigenvalue weighted by molar-refractivity contribution is -0.139. The maximum Gasteiger partial charge on any atom is 0.317 e. The molecule has 2 heterocycles. The summed E-state index contributed by atoms with van der Waals surface area (Å²) in [6.07, 6.45) is 1.63. The SMILES string of the molecule is CCN(CC(=O)O)C1CC(NC(=O)N2CCN(Cc3cc(C)no3)CC2)C1. The average molecular weight is 379 g/mol. The molecule has 1 saturated carbocycles. The molecule has 2 amide bonds. The molecule has 0 bridgehead atoms. The van der Waals surface area contributed by atoms with Gasteiger partial charge < -0.3 is 19.8 Å². The van der Waals surface area contributed by atoms with Gasteiger partial charge in [-0.15, -0.1) is 0 Å². The number of nitrogens with one attached hydrogen (secondary N) is 1. The quantitative estimate of drug-likeness (QED) is 0.721. The number of nitrogens with zero attached hydrogens (tertiary/aromatic N) is 4. The van der Waals surface area contributed by atoms with E-state index in [1.165, 1.54) is 0 Å². The standard InChI is InChI=1S/C18H29N5O4/c1-3-22(12-17(24)25)15-9-14(10-15)19-18(26)23-6-4-21(5-7-23)11-16-8-13(2)20-27-16/h8,14-15H,3-7,9-12H2,1-2H3,(H,19,26)(H,24,25). The van der Waals surface area contributed by atoms with Crippen LogP contribution in [-0.4, -0.2) is 88.3 Å². The molecule has 27 heavy (non-hydrogen) atoms. The van der Waals surface area contributed by atoms with E-state index in [9.17, 15) is 9.59 Å². The van der Waals surface area contributed by atoms with Crippen molar-refractivity contribution in [3.8, 4) is 0 Å². The number of rotatable bonds is 7. The molecular weight excluding hydrogens is 350 g/mol. The highest BCUT2D eigenvalue weighted by Gasteiger charge is 2.35. The molecule has 2 N–H and O–H groups in total. The van der Waals surface area contributed by atoms with Crippen molar-refractivity contribution in [3.05, 3.63) is 17.5 Å². The molecule has 0 spiro atoms. The average Bonchev–Trinajstić information content (AvgIpc) is 3.01. The maximum absolute atomic E-state index is 12.5. The normalized spacial score (nSPS) is 23.3. The smallest absolute Gasteiger partial charge is 0.317 e. The summed E-state index contributed by atoms with van der Waals surface area (Å²) in [5.41, 5.74) is 0.881. The summed E-state index contributed by atoms with van der Waals surface area (Å²) in [6, 6.07) is 2.31. The van der Waals surface area contributed by atoms with Gasteiger partial charge in [-0.2, -0.15) is 0 Å². The van der Waals surface area contributed by atoms with Gasteiger partial charge in [0.25, 0.3) is 0 Å². The molecular formula is C18H29N5O4. The zero-order valence-electron chi connectivity index (χ0n) is 16.1. The molecule has 1 aliphatic heterocycles. The molecule has 3 rings (SSSR count). The third-order valence-electron chi connectivity index (χ3n) is 5.42. The van der Waals surface area contributed by atoms with Crippen LogP contribution in [0, 0.1) is 6.92 Å². The zero-order chi connectivity index (χ0) is 19.4. The molecule has 0 unspecified atom stereocenters. The molecule has 0 aromatic carbocycles. The van der Waals surface area contributed by atoms with Gasteiger partial charge in [0.05, 0.1) is 18.8 Å². The largest absolute Gasteiger partial charge is 0.480 e. The summed E-state index contributed by atoms with van der Waals surface area (Å²) in [7, 11) is 0. The van der Waals surface area contributed by atoms with Crippen LogP contribution < -0.4 is 5.32 Å². The first-order valence-electron chi connectivity index (χ1n) is 9.60. The predicted molar refractivity (Wildman–Crippen MR) is 98.3 cm³/mol. The van der Waals surface area contributed by atoms with Gasteiger partial charge in [-0.3, -0.25) is 14.6 Å². The minimum Gasteiger partial charge on any atom is -0.480 e. The summed E-state index contributed by atoms with van der Waals surface area (Å²) in [5, 5.41) is 15.9. The number of aryl methyl sites for hydroxylation is 1. The number of carbonyl (C=O) groups excluding carboxylic acids is 1. The summed E-state index contributed by atoms with van der Waals surface area (Å²) in [5.74, 6) is 0.0513. The number of likely N-dealkylation sites (N-methyl/N-ethyl adjacent to an activating group) is 1. The Balaban J connectivity index is 1.36. The first kappa shape index (κ1) is 19.6. The molecule has 2 fully saturated rings. The lowest BCUT2D eigenvalue weighted by atomic mass is 9.85. The first-order chi connectivity index (χ1) is 12.9. The molecule has 1 aromatic rings. The number of hydrogen-bond acceptors (Lipinski definition) is 6.